The molecule has 2 aliphatic heterocycles. The molecule has 0 atom stereocenters. The highest BCUT2D eigenvalue weighted by molar-refractivity contribution is 6.07. The Morgan fingerprint density at radius 3 is 2.36 bits per heavy atom. The van der Waals surface area contributed by atoms with Crippen molar-refractivity contribution >= 4 is 23.8 Å². The van der Waals surface area contributed by atoms with Crippen LogP contribution in [0.2, 0.25) is 0 Å². The van der Waals surface area contributed by atoms with Crippen molar-refractivity contribution in [2.75, 3.05) is 26.7 Å². The molecule has 1 N–H and O–H groups in total. The molecule has 0 unspecified atom stereocenters. The van der Waals surface area contributed by atoms with E-state index in [0.29, 0.717) is 23.8 Å². The number of alkyl halides is 3. The number of likely N-dealkylation sites (N-methyl/N-ethyl adjacent to an activating group) is 1. The number of nitriles is 1. The number of nitrogens with one attached hydrogen (secondary N) is 1. The summed E-state index contributed by atoms with van der Waals surface area (Å²) in [5.74, 6) is -3.37. The van der Waals surface area contributed by atoms with Gasteiger partial charge in [0.15, 0.2) is 0 Å². The summed E-state index contributed by atoms with van der Waals surface area (Å²) in [7, 11) is 1.36. The van der Waals surface area contributed by atoms with Gasteiger partial charge in [-0.15, -0.1) is 0 Å². The van der Waals surface area contributed by atoms with Gasteiger partial charge in [-0.3, -0.25) is 19.3 Å². The third-order valence-corrected chi connectivity index (χ3v) is 6.90. The largest absolute Gasteiger partial charge is 0.416 e. The molecule has 10 nitrogen and oxygen atoms in total. The van der Waals surface area contributed by atoms with Gasteiger partial charge in [-0.05, 0) is 48.7 Å². The second kappa shape index (κ2) is 13.0. The maximum atomic E-state index is 14.0. The number of halogens is 4. The molecule has 2 aromatic rings. The Hall–Kier alpha value is -4.54. The molecule has 0 saturated carbocycles. The molecule has 1 spiro atoms. The molecule has 4 rings (SSSR count). The van der Waals surface area contributed by atoms with Crippen molar-refractivity contribution in [3.63, 3.8) is 0 Å². The van der Waals surface area contributed by atoms with Gasteiger partial charge in [0.1, 0.15) is 23.1 Å². The molecule has 0 bridgehead atoms. The third-order valence-electron chi connectivity index (χ3n) is 6.90. The topological polar surface area (TPSA) is 127 Å². The SMILES string of the molecule is CCC.CN1C(=O)N(Cc2ccnc(C#N)c2)C2(CCN(C(=O)CNC(=O)c3cc(C(F)(F)F)ccc3F)CC2)C1=O. The number of hydrogen-bond acceptors (Lipinski definition) is 6. The van der Waals surface area contributed by atoms with Crippen LogP contribution >= 0.6 is 0 Å². The molecule has 1 aromatic heterocycles. The molecule has 14 heteroatoms. The maximum Gasteiger partial charge on any atom is 0.416 e. The molecular weight excluding hydrogens is 560 g/mol. The first-order valence-electron chi connectivity index (χ1n) is 13.2. The van der Waals surface area contributed by atoms with Gasteiger partial charge >= 0.3 is 12.2 Å². The molecular formula is C28H30F4N6O4. The van der Waals surface area contributed by atoms with Gasteiger partial charge in [0.05, 0.1) is 17.7 Å². The minimum Gasteiger partial charge on any atom is -0.343 e. The van der Waals surface area contributed by atoms with Crippen LogP contribution in [0.5, 0.6) is 0 Å². The minimum atomic E-state index is -4.78. The number of pyridine rings is 1. The third kappa shape index (κ3) is 6.67. The summed E-state index contributed by atoms with van der Waals surface area (Å²) >= 11 is 0. The Kier molecular flexibility index (Phi) is 9.87. The molecule has 1 aromatic carbocycles. The lowest BCUT2D eigenvalue weighted by Gasteiger charge is -2.42. The summed E-state index contributed by atoms with van der Waals surface area (Å²) in [5.41, 5.74) is -2.52. The van der Waals surface area contributed by atoms with E-state index in [1.807, 2.05) is 6.07 Å². The van der Waals surface area contributed by atoms with E-state index in [1.165, 1.54) is 35.5 Å². The van der Waals surface area contributed by atoms with Crippen molar-refractivity contribution in [2.45, 2.75) is 51.4 Å². The zero-order chi connectivity index (χ0) is 31.2. The average Bonchev–Trinajstić information content (AvgIpc) is 3.12. The highest BCUT2D eigenvalue weighted by Crippen LogP contribution is 2.38. The van der Waals surface area contributed by atoms with Gasteiger partial charge in [-0.25, -0.2) is 14.2 Å². The van der Waals surface area contributed by atoms with Gasteiger partial charge in [-0.1, -0.05) is 20.3 Å². The van der Waals surface area contributed by atoms with E-state index in [2.05, 4.69) is 24.1 Å². The van der Waals surface area contributed by atoms with Crippen molar-refractivity contribution in [3.05, 3.63) is 64.7 Å². The van der Waals surface area contributed by atoms with Crippen molar-refractivity contribution in [1.29, 1.82) is 5.26 Å². The number of piperidine rings is 1. The first kappa shape index (κ1) is 32.0. The number of rotatable bonds is 5. The number of likely N-dealkylation sites (tertiary alicyclic amines) is 1. The van der Waals surface area contributed by atoms with Gasteiger partial charge in [0.25, 0.3) is 11.8 Å². The van der Waals surface area contributed by atoms with E-state index in [9.17, 15) is 36.7 Å². The van der Waals surface area contributed by atoms with Gasteiger partial charge in [-0.2, -0.15) is 18.4 Å². The molecule has 2 saturated heterocycles. The number of carbonyl (C=O) groups excluding carboxylic acids is 4. The molecule has 224 valence electrons. The molecule has 42 heavy (non-hydrogen) atoms. The second-order valence-corrected chi connectivity index (χ2v) is 9.89. The molecule has 5 amide bonds. The molecule has 2 aliphatic rings. The Morgan fingerprint density at radius 1 is 1.12 bits per heavy atom. The summed E-state index contributed by atoms with van der Waals surface area (Å²) in [4.78, 5) is 58.7. The fourth-order valence-electron chi connectivity index (χ4n) is 4.76. The van der Waals surface area contributed by atoms with E-state index >= 15 is 0 Å². The fraction of sp³-hybridized carbons (Fsp3) is 0.429. The van der Waals surface area contributed by atoms with E-state index in [-0.39, 0.29) is 38.2 Å². The van der Waals surface area contributed by atoms with E-state index in [4.69, 9.17) is 5.26 Å². The van der Waals surface area contributed by atoms with E-state index < -0.39 is 59.0 Å². The summed E-state index contributed by atoms with van der Waals surface area (Å²) in [6.07, 6.45) is -1.91. The van der Waals surface area contributed by atoms with E-state index in [0.717, 1.165) is 4.90 Å². The number of benzene rings is 1. The zero-order valence-electron chi connectivity index (χ0n) is 23.3. The molecule has 3 heterocycles. The average molecular weight is 591 g/mol. The summed E-state index contributed by atoms with van der Waals surface area (Å²) in [5, 5.41) is 11.2. The zero-order valence-corrected chi connectivity index (χ0v) is 23.3. The van der Waals surface area contributed by atoms with Gasteiger partial charge in [0, 0.05) is 32.9 Å². The summed E-state index contributed by atoms with van der Waals surface area (Å²) in [6, 6.07) is 5.94. The van der Waals surface area contributed by atoms with Gasteiger partial charge < -0.3 is 15.1 Å². The van der Waals surface area contributed by atoms with Crippen LogP contribution in [0.15, 0.2) is 36.5 Å². The van der Waals surface area contributed by atoms with Crippen molar-refractivity contribution in [2.24, 2.45) is 0 Å². The lowest BCUT2D eigenvalue weighted by molar-refractivity contribution is -0.140. The van der Waals surface area contributed by atoms with Crippen LogP contribution in [0.3, 0.4) is 0 Å². The lowest BCUT2D eigenvalue weighted by Crippen LogP contribution is -2.57. The molecule has 0 aliphatic carbocycles. The van der Waals surface area contributed by atoms with Gasteiger partial charge in [0.2, 0.25) is 5.91 Å². The van der Waals surface area contributed by atoms with Crippen LogP contribution in [-0.2, 0) is 22.3 Å². The van der Waals surface area contributed by atoms with Crippen LogP contribution in [0, 0.1) is 17.1 Å². The van der Waals surface area contributed by atoms with Crippen LogP contribution in [0.1, 0.15) is 60.3 Å². The van der Waals surface area contributed by atoms with Crippen LogP contribution in [0.25, 0.3) is 0 Å². The summed E-state index contributed by atoms with van der Waals surface area (Å²) in [6.45, 7) is 3.79. The number of imide groups is 1. The Labute approximate surface area is 239 Å². The van der Waals surface area contributed by atoms with Crippen LogP contribution in [-0.4, -0.2) is 75.7 Å². The highest BCUT2D eigenvalue weighted by atomic mass is 19.4. The van der Waals surface area contributed by atoms with E-state index in [1.54, 1.807) is 6.07 Å². The number of carbonyl (C=O) groups is 4. The fourth-order valence-corrected chi connectivity index (χ4v) is 4.76. The second-order valence-electron chi connectivity index (χ2n) is 9.89. The number of urea groups is 1. The lowest BCUT2D eigenvalue weighted by atomic mass is 9.85. The monoisotopic (exact) mass is 590 g/mol. The van der Waals surface area contributed by atoms with Crippen molar-refractivity contribution in [1.82, 2.24) is 25.0 Å². The smallest absolute Gasteiger partial charge is 0.343 e. The standard InChI is InChI=1S/C25H22F4N6O4.C3H8/c1-33-22(38)24(35(23(33)39)14-15-4-7-31-17(10-15)12-30)5-8-34(9-6-24)20(36)13-32-21(37)18-11-16(25(27,28)29)2-3-19(18)26;1-3-2/h2-4,7,10-11H,5-6,8-9,13-14H2,1H3,(H,32,37);3H2,1-2H3. The number of aromatic nitrogens is 1. The minimum absolute atomic E-state index is 0.0403. The number of hydrogen-bond donors (Lipinski definition) is 1. The van der Waals surface area contributed by atoms with Crippen LogP contribution < -0.4 is 5.32 Å². The van der Waals surface area contributed by atoms with Crippen molar-refractivity contribution < 1.29 is 36.7 Å². The predicted molar refractivity (Wildman–Crippen MR) is 141 cm³/mol. The summed E-state index contributed by atoms with van der Waals surface area (Å²) < 4.78 is 52.8. The Balaban J connectivity index is 0.00000155. The number of nitrogens with zero attached hydrogens (tertiary/aromatic N) is 5. The Morgan fingerprint density at radius 2 is 1.76 bits per heavy atom. The Bertz CT molecular complexity index is 1400. The quantitative estimate of drug-likeness (QED) is 0.418. The normalized spacial score (nSPS) is 16.2. The predicted octanol–water partition coefficient (Wildman–Crippen LogP) is 3.71. The van der Waals surface area contributed by atoms with Crippen LogP contribution in [0.4, 0.5) is 22.4 Å². The molecule has 2 fully saturated rings. The maximum absolute atomic E-state index is 14.0. The highest BCUT2D eigenvalue weighted by Gasteiger charge is 2.57. The molecule has 0 radical (unpaired) electrons. The first-order valence-corrected chi connectivity index (χ1v) is 13.2. The number of amides is 5. The van der Waals surface area contributed by atoms with Crippen molar-refractivity contribution in [3.8, 4) is 6.07 Å². The first-order chi connectivity index (χ1) is 19.8.